The number of aryl methyl sites for hydroxylation is 2. The van der Waals surface area contributed by atoms with Gasteiger partial charge in [-0.3, -0.25) is 18.7 Å². The molecule has 2 aliphatic rings. The molecule has 2 aromatic carbocycles. The number of nitrogens with zero attached hydrogens (tertiary/aromatic N) is 2. The summed E-state index contributed by atoms with van der Waals surface area (Å²) in [6.45, 7) is 4.43. The molecule has 0 radical (unpaired) electrons. The molecule has 0 saturated carbocycles. The van der Waals surface area contributed by atoms with E-state index in [1.54, 1.807) is 49.1 Å². The summed E-state index contributed by atoms with van der Waals surface area (Å²) in [6, 6.07) is 8.21. The fourth-order valence-electron chi connectivity index (χ4n) is 4.55. The first kappa shape index (κ1) is 26.0. The number of para-hydroxylation sites is 2. The molecule has 0 bridgehead atoms. The number of benzene rings is 2. The summed E-state index contributed by atoms with van der Waals surface area (Å²) in [5.74, 6) is -1.42. The lowest BCUT2D eigenvalue weighted by atomic mass is 10.1. The van der Waals surface area contributed by atoms with Gasteiger partial charge in [-0.05, 0) is 68.5 Å². The molecule has 11 heteroatoms. The number of likely N-dealkylation sites (tertiary alicyclic amines) is 1. The summed E-state index contributed by atoms with van der Waals surface area (Å²) in [5.41, 5.74) is 1.57. The van der Waals surface area contributed by atoms with Crippen LogP contribution in [-0.4, -0.2) is 56.7 Å². The van der Waals surface area contributed by atoms with Gasteiger partial charge in [0.2, 0.25) is 17.7 Å². The van der Waals surface area contributed by atoms with Gasteiger partial charge in [-0.2, -0.15) is 0 Å². The zero-order valence-corrected chi connectivity index (χ0v) is 21.8. The first-order chi connectivity index (χ1) is 17.1. The standard InChI is InChI=1S/C25H29ClN4O5S/c1-16-13-22(17(2)12-18(16)26)36(34,35)30-20-9-5-4-8-19(20)28-25(33)21(30)14-23(31)27-15-24(32)29-10-6-3-7-11-29/h4-5,8-9,12-13,21H,3,6-7,10-11,14-15H2,1-2H3,(H,27,31)(H,28,33). The molecule has 9 nitrogen and oxygen atoms in total. The molecular weight excluding hydrogens is 504 g/mol. The summed E-state index contributed by atoms with van der Waals surface area (Å²) < 4.78 is 28.9. The summed E-state index contributed by atoms with van der Waals surface area (Å²) in [6.07, 6.45) is 2.49. The number of amides is 3. The van der Waals surface area contributed by atoms with Crippen LogP contribution < -0.4 is 14.9 Å². The Bertz CT molecular complexity index is 1310. The normalized spacial score (nSPS) is 17.9. The lowest BCUT2D eigenvalue weighted by Gasteiger charge is -2.37. The smallest absolute Gasteiger partial charge is 0.265 e. The second kappa shape index (κ2) is 10.5. The molecule has 1 saturated heterocycles. The fourth-order valence-corrected chi connectivity index (χ4v) is 6.70. The van der Waals surface area contributed by atoms with Gasteiger partial charge in [0.05, 0.1) is 29.2 Å². The number of fused-ring (bicyclic) bond motifs is 1. The van der Waals surface area contributed by atoms with E-state index >= 15 is 0 Å². The predicted molar refractivity (Wildman–Crippen MR) is 138 cm³/mol. The number of sulfonamides is 1. The first-order valence-corrected chi connectivity index (χ1v) is 13.7. The molecule has 2 aromatic rings. The number of hydrogen-bond donors (Lipinski definition) is 2. The number of halogens is 1. The van der Waals surface area contributed by atoms with Gasteiger partial charge in [-0.1, -0.05) is 23.7 Å². The number of carbonyl (C=O) groups excluding carboxylic acids is 3. The fraction of sp³-hybridized carbons (Fsp3) is 0.400. The molecule has 4 rings (SSSR count). The average molecular weight is 533 g/mol. The van der Waals surface area contributed by atoms with Crippen molar-refractivity contribution in [2.45, 2.75) is 50.5 Å². The van der Waals surface area contributed by atoms with E-state index in [4.69, 9.17) is 11.6 Å². The number of carbonyl (C=O) groups is 3. The lowest BCUT2D eigenvalue weighted by Crippen LogP contribution is -2.53. The van der Waals surface area contributed by atoms with Crippen molar-refractivity contribution in [2.75, 3.05) is 29.3 Å². The third kappa shape index (κ3) is 5.19. The quantitative estimate of drug-likeness (QED) is 0.593. The Morgan fingerprint density at radius 3 is 2.50 bits per heavy atom. The topological polar surface area (TPSA) is 116 Å². The van der Waals surface area contributed by atoms with Crippen LogP contribution in [-0.2, 0) is 24.4 Å². The van der Waals surface area contributed by atoms with Crippen molar-refractivity contribution >= 4 is 50.7 Å². The molecule has 1 unspecified atom stereocenters. The maximum absolute atomic E-state index is 14.0. The largest absolute Gasteiger partial charge is 0.347 e. The van der Waals surface area contributed by atoms with Crippen molar-refractivity contribution < 1.29 is 22.8 Å². The Morgan fingerprint density at radius 2 is 1.78 bits per heavy atom. The van der Waals surface area contributed by atoms with Gasteiger partial charge in [0, 0.05) is 18.1 Å². The SMILES string of the molecule is Cc1cc(S(=O)(=O)N2c3ccccc3NC(=O)C2CC(=O)NCC(=O)N2CCCCC2)c(C)cc1Cl. The van der Waals surface area contributed by atoms with Crippen LogP contribution in [0.5, 0.6) is 0 Å². The molecule has 0 aliphatic carbocycles. The summed E-state index contributed by atoms with van der Waals surface area (Å²) >= 11 is 6.18. The Balaban J connectivity index is 1.62. The maximum atomic E-state index is 14.0. The van der Waals surface area contributed by atoms with Crippen LogP contribution in [0.1, 0.15) is 36.8 Å². The van der Waals surface area contributed by atoms with Crippen molar-refractivity contribution in [3.05, 3.63) is 52.5 Å². The molecule has 0 spiro atoms. The summed E-state index contributed by atoms with van der Waals surface area (Å²) in [4.78, 5) is 40.1. The third-order valence-electron chi connectivity index (χ3n) is 6.50. The van der Waals surface area contributed by atoms with E-state index in [1.807, 2.05) is 0 Å². The Labute approximate surface area is 215 Å². The molecule has 1 fully saturated rings. The van der Waals surface area contributed by atoms with Gasteiger partial charge < -0.3 is 15.5 Å². The molecule has 192 valence electrons. The average Bonchev–Trinajstić information content (AvgIpc) is 2.85. The van der Waals surface area contributed by atoms with Crippen molar-refractivity contribution in [3.8, 4) is 0 Å². The van der Waals surface area contributed by atoms with Gasteiger partial charge in [0.15, 0.2) is 0 Å². The minimum absolute atomic E-state index is 0.000382. The Hall–Kier alpha value is -3.11. The van der Waals surface area contributed by atoms with Gasteiger partial charge in [-0.15, -0.1) is 0 Å². The molecule has 0 aromatic heterocycles. The molecule has 2 heterocycles. The van der Waals surface area contributed by atoms with Crippen LogP contribution in [0.25, 0.3) is 0 Å². The highest BCUT2D eigenvalue weighted by Gasteiger charge is 2.42. The van der Waals surface area contributed by atoms with Crippen molar-refractivity contribution in [1.29, 1.82) is 0 Å². The van der Waals surface area contributed by atoms with Gasteiger partial charge in [-0.25, -0.2) is 8.42 Å². The number of anilines is 2. The minimum Gasteiger partial charge on any atom is -0.347 e. The molecule has 1 atom stereocenters. The van der Waals surface area contributed by atoms with E-state index in [-0.39, 0.29) is 23.0 Å². The van der Waals surface area contributed by atoms with Crippen molar-refractivity contribution in [3.63, 3.8) is 0 Å². The molecular formula is C25H29ClN4O5S. The van der Waals surface area contributed by atoms with Crippen LogP contribution >= 0.6 is 11.6 Å². The molecule has 2 N–H and O–H groups in total. The molecule has 36 heavy (non-hydrogen) atoms. The van der Waals surface area contributed by atoms with Gasteiger partial charge in [0.25, 0.3) is 10.0 Å². The monoisotopic (exact) mass is 532 g/mol. The second-order valence-corrected chi connectivity index (χ2v) is 11.3. The van der Waals surface area contributed by atoms with Crippen LogP contribution in [0.4, 0.5) is 11.4 Å². The first-order valence-electron chi connectivity index (χ1n) is 11.8. The number of rotatable bonds is 6. The predicted octanol–water partition coefficient (Wildman–Crippen LogP) is 2.99. The van der Waals surface area contributed by atoms with E-state index in [2.05, 4.69) is 10.6 Å². The number of piperidine rings is 1. The van der Waals surface area contributed by atoms with E-state index in [0.29, 0.717) is 34.9 Å². The van der Waals surface area contributed by atoms with Crippen LogP contribution in [0.2, 0.25) is 5.02 Å². The zero-order valence-electron chi connectivity index (χ0n) is 20.2. The van der Waals surface area contributed by atoms with E-state index in [1.165, 1.54) is 6.07 Å². The maximum Gasteiger partial charge on any atom is 0.265 e. The number of nitrogens with one attached hydrogen (secondary N) is 2. The van der Waals surface area contributed by atoms with Crippen LogP contribution in [0.15, 0.2) is 41.3 Å². The van der Waals surface area contributed by atoms with Crippen molar-refractivity contribution in [1.82, 2.24) is 10.2 Å². The third-order valence-corrected chi connectivity index (χ3v) is 8.87. The highest BCUT2D eigenvalue weighted by Crippen LogP contribution is 2.38. The minimum atomic E-state index is -4.26. The second-order valence-electron chi connectivity index (χ2n) is 9.11. The molecule has 2 aliphatic heterocycles. The highest BCUT2D eigenvalue weighted by atomic mass is 35.5. The van der Waals surface area contributed by atoms with E-state index in [9.17, 15) is 22.8 Å². The van der Waals surface area contributed by atoms with Crippen molar-refractivity contribution in [2.24, 2.45) is 0 Å². The lowest BCUT2D eigenvalue weighted by molar-refractivity contribution is -0.133. The Morgan fingerprint density at radius 1 is 1.08 bits per heavy atom. The van der Waals surface area contributed by atoms with Gasteiger partial charge >= 0.3 is 0 Å². The summed E-state index contributed by atoms with van der Waals surface area (Å²) in [5, 5.41) is 5.69. The highest BCUT2D eigenvalue weighted by molar-refractivity contribution is 7.93. The zero-order chi connectivity index (χ0) is 26.0. The summed E-state index contributed by atoms with van der Waals surface area (Å²) in [7, 11) is -4.26. The van der Waals surface area contributed by atoms with E-state index < -0.39 is 34.3 Å². The van der Waals surface area contributed by atoms with Crippen LogP contribution in [0, 0.1) is 13.8 Å². The number of hydrogen-bond acceptors (Lipinski definition) is 5. The van der Waals surface area contributed by atoms with Crippen LogP contribution in [0.3, 0.4) is 0 Å². The Kier molecular flexibility index (Phi) is 7.56. The molecule has 3 amide bonds. The van der Waals surface area contributed by atoms with Gasteiger partial charge in [0.1, 0.15) is 6.04 Å². The van der Waals surface area contributed by atoms with E-state index in [0.717, 1.165) is 23.6 Å².